The molecule has 2 saturated heterocycles. The van der Waals surface area contributed by atoms with Gasteiger partial charge >= 0.3 is 6.09 Å². The van der Waals surface area contributed by atoms with Gasteiger partial charge in [0, 0.05) is 31.6 Å². The third-order valence-corrected chi connectivity index (χ3v) is 12.8. The number of anilines is 2. The minimum absolute atomic E-state index is 0.0114. The van der Waals surface area contributed by atoms with E-state index in [1.54, 1.807) is 4.90 Å². The summed E-state index contributed by atoms with van der Waals surface area (Å²) in [5.74, 6) is 2.78. The summed E-state index contributed by atoms with van der Waals surface area (Å²) >= 11 is 0. The van der Waals surface area contributed by atoms with Crippen molar-refractivity contribution in [1.29, 1.82) is 0 Å². The number of nitrogens with one attached hydrogen (secondary N) is 2. The number of hydrazone groups is 2. The first-order valence-electron chi connectivity index (χ1n) is 22.2. The van der Waals surface area contributed by atoms with Crippen LogP contribution < -0.4 is 30.1 Å². The molecule has 0 unspecified atom stereocenters. The van der Waals surface area contributed by atoms with Crippen LogP contribution in [0.1, 0.15) is 76.8 Å². The molecule has 3 amide bonds. The smallest absolute Gasteiger partial charge is 0.410 e. The summed E-state index contributed by atoms with van der Waals surface area (Å²) < 4.78 is 17.2. The molecule has 10 rings (SSSR count). The number of hydrogen-bond donors (Lipinski definition) is 2. The van der Waals surface area contributed by atoms with Gasteiger partial charge in [-0.3, -0.25) is 14.5 Å². The molecule has 0 bridgehead atoms. The van der Waals surface area contributed by atoms with Crippen LogP contribution in [0.2, 0.25) is 0 Å². The Morgan fingerprint density at radius 2 is 1.14 bits per heavy atom. The lowest BCUT2D eigenvalue weighted by Crippen LogP contribution is -2.58. The maximum atomic E-state index is 12.3. The average Bonchev–Trinajstić information content (AvgIpc) is 3.25. The third kappa shape index (κ3) is 8.62. The van der Waals surface area contributed by atoms with E-state index in [1.807, 2.05) is 56.6 Å². The Hall–Kier alpha value is -6.41. The second kappa shape index (κ2) is 16.6. The number of ether oxygens (including phenoxy) is 3. The Kier molecular flexibility index (Phi) is 11.1. The maximum absolute atomic E-state index is 12.3. The Labute approximate surface area is 375 Å². The topological polar surface area (TPSA) is 141 Å². The first-order valence-corrected chi connectivity index (χ1v) is 22.2. The predicted octanol–water partition coefficient (Wildman–Crippen LogP) is 6.89. The predicted molar refractivity (Wildman–Crippen MR) is 247 cm³/mol. The van der Waals surface area contributed by atoms with Gasteiger partial charge in [-0.1, -0.05) is 86.6 Å². The lowest BCUT2D eigenvalue weighted by molar-refractivity contribution is -0.123. The van der Waals surface area contributed by atoms with Crippen molar-refractivity contribution in [2.75, 3.05) is 49.2 Å². The minimum Gasteiger partial charge on any atom is -0.483 e. The number of likely N-dealkylation sites (tertiary alicyclic amines) is 2. The van der Waals surface area contributed by atoms with Crippen molar-refractivity contribution in [2.24, 2.45) is 21.0 Å². The molecule has 0 saturated carbocycles. The van der Waals surface area contributed by atoms with Gasteiger partial charge in [0.15, 0.2) is 11.7 Å². The van der Waals surface area contributed by atoms with Gasteiger partial charge in [-0.25, -0.2) is 15.6 Å². The van der Waals surface area contributed by atoms with E-state index in [9.17, 15) is 14.4 Å². The first kappa shape index (κ1) is 42.9. The molecule has 64 heavy (non-hydrogen) atoms. The number of benzene rings is 4. The molecule has 2 N–H and O–H groups in total. The van der Waals surface area contributed by atoms with Gasteiger partial charge in [-0.2, -0.15) is 10.2 Å². The van der Waals surface area contributed by atoms with E-state index in [1.165, 1.54) is 16.7 Å². The van der Waals surface area contributed by atoms with Crippen molar-refractivity contribution in [2.45, 2.75) is 85.0 Å². The van der Waals surface area contributed by atoms with Crippen LogP contribution in [0, 0.1) is 10.8 Å². The zero-order valence-electron chi connectivity index (χ0n) is 37.8. The monoisotopic (exact) mass is 866 g/mol. The van der Waals surface area contributed by atoms with Crippen LogP contribution in [0.5, 0.6) is 11.5 Å². The van der Waals surface area contributed by atoms with Gasteiger partial charge in [-0.15, -0.1) is 0 Å². The van der Waals surface area contributed by atoms with E-state index in [0.29, 0.717) is 32.1 Å². The summed E-state index contributed by atoms with van der Waals surface area (Å²) in [5, 5.41) is 8.34. The molecule has 6 heterocycles. The van der Waals surface area contributed by atoms with Crippen LogP contribution in [-0.2, 0) is 27.2 Å². The number of fused-ring (bicyclic) bond motifs is 6. The van der Waals surface area contributed by atoms with Crippen molar-refractivity contribution < 1.29 is 28.6 Å². The SMILES string of the molecule is C[C@@H]1C(=O)NN=C2COc3ccc(CC4(C)CN(C(=O)OC(C)(C)C)C4)cc3N21.C[C@@H]1C(=O)NN=C2COc3ccc(CC4(C)CN(C(c5ccccc5)c5ccccc5)C4)cc3N21. The van der Waals surface area contributed by atoms with Crippen LogP contribution in [0.4, 0.5) is 16.2 Å². The quantitative estimate of drug-likeness (QED) is 0.203. The molecular weight excluding hydrogens is 809 g/mol. The molecule has 0 spiro atoms. The molecule has 334 valence electrons. The number of carbonyl (C=O) groups is 3. The van der Waals surface area contributed by atoms with E-state index in [4.69, 9.17) is 14.2 Å². The lowest BCUT2D eigenvalue weighted by Gasteiger charge is -2.52. The Bertz CT molecular complexity index is 2450. The normalized spacial score (nSPS) is 21.5. The van der Waals surface area contributed by atoms with Gasteiger partial charge in [0.1, 0.15) is 42.4 Å². The summed E-state index contributed by atoms with van der Waals surface area (Å²) in [5.41, 5.74) is 11.7. The number of rotatable bonds is 7. The summed E-state index contributed by atoms with van der Waals surface area (Å²) in [6.07, 6.45) is 1.52. The molecule has 14 heteroatoms. The summed E-state index contributed by atoms with van der Waals surface area (Å²) in [6, 6.07) is 33.6. The van der Waals surface area contributed by atoms with E-state index < -0.39 is 5.60 Å². The molecule has 0 aliphatic carbocycles. The standard InChI is InChI=1S/C29H30N4O2.C21H28N4O4/c1-20-28(34)31-30-26-17-35-25-14-13-21(15-24(25)33(20)26)16-29(2)18-32(19-29)27(22-9-5-3-6-10-22)23-11-7-4-8-12-23;1-13-18(26)23-22-17-10-28-16-7-6-14(8-15(16)25(13)17)9-21(5)11-24(12-21)19(27)29-20(2,3)4/h3-15,20,27H,16-19H2,1-2H3,(H,31,34);6-8,13H,9-12H2,1-5H3,(H,23,26)/t20-;13-/m11/s1. The molecular formula is C50H58N8O6. The highest BCUT2D eigenvalue weighted by Gasteiger charge is 2.45. The van der Waals surface area contributed by atoms with Gasteiger partial charge in [0.2, 0.25) is 0 Å². The fourth-order valence-electron chi connectivity index (χ4n) is 9.91. The number of hydrogen-bond acceptors (Lipinski definition) is 11. The van der Waals surface area contributed by atoms with Crippen LogP contribution >= 0.6 is 0 Å². The first-order chi connectivity index (χ1) is 30.6. The van der Waals surface area contributed by atoms with E-state index in [-0.39, 0.29) is 46.9 Å². The fraction of sp³-hybridized carbons (Fsp3) is 0.420. The van der Waals surface area contributed by atoms with Crippen LogP contribution in [-0.4, -0.2) is 96.5 Å². The second-order valence-electron chi connectivity index (χ2n) is 19.7. The highest BCUT2D eigenvalue weighted by atomic mass is 16.6. The fourth-order valence-corrected chi connectivity index (χ4v) is 9.91. The Balaban J connectivity index is 0.000000165. The number of amidine groups is 2. The summed E-state index contributed by atoms with van der Waals surface area (Å²) in [6.45, 7) is 18.0. The van der Waals surface area contributed by atoms with Gasteiger partial charge in [0.05, 0.1) is 17.4 Å². The lowest BCUT2D eigenvalue weighted by atomic mass is 9.74. The molecule has 2 fully saturated rings. The molecule has 6 aliphatic rings. The number of nitrogens with zero attached hydrogens (tertiary/aromatic N) is 6. The highest BCUT2D eigenvalue weighted by molar-refractivity contribution is 6.10. The van der Waals surface area contributed by atoms with E-state index >= 15 is 0 Å². The zero-order chi connectivity index (χ0) is 45.0. The van der Waals surface area contributed by atoms with Crippen molar-refractivity contribution in [3.63, 3.8) is 0 Å². The summed E-state index contributed by atoms with van der Waals surface area (Å²) in [7, 11) is 0. The Morgan fingerprint density at radius 3 is 1.58 bits per heavy atom. The molecule has 4 aromatic rings. The van der Waals surface area contributed by atoms with Crippen molar-refractivity contribution in [3.05, 3.63) is 119 Å². The molecule has 0 radical (unpaired) electrons. The van der Waals surface area contributed by atoms with Gasteiger partial charge < -0.3 is 28.9 Å². The second-order valence-corrected chi connectivity index (χ2v) is 19.7. The Morgan fingerprint density at radius 1 is 0.703 bits per heavy atom. The van der Waals surface area contributed by atoms with Crippen LogP contribution in [0.15, 0.2) is 107 Å². The minimum atomic E-state index is -0.488. The van der Waals surface area contributed by atoms with E-state index in [0.717, 1.165) is 60.2 Å². The molecule has 6 aliphatic heterocycles. The molecule has 14 nitrogen and oxygen atoms in total. The number of carbonyl (C=O) groups excluding carboxylic acids is 3. The maximum Gasteiger partial charge on any atom is 0.410 e. The highest BCUT2D eigenvalue weighted by Crippen LogP contribution is 2.44. The van der Waals surface area contributed by atoms with Gasteiger partial charge in [0.25, 0.3) is 11.8 Å². The van der Waals surface area contributed by atoms with Crippen molar-refractivity contribution in [3.8, 4) is 11.5 Å². The number of amides is 3. The zero-order valence-corrected chi connectivity index (χ0v) is 37.8. The molecule has 2 atom stereocenters. The third-order valence-electron chi connectivity index (χ3n) is 12.8. The van der Waals surface area contributed by atoms with Crippen molar-refractivity contribution in [1.82, 2.24) is 20.7 Å². The molecule has 4 aromatic carbocycles. The molecule has 0 aromatic heterocycles. The van der Waals surface area contributed by atoms with Crippen LogP contribution in [0.25, 0.3) is 0 Å². The van der Waals surface area contributed by atoms with Gasteiger partial charge in [-0.05, 0) is 99.4 Å². The van der Waals surface area contributed by atoms with Crippen molar-refractivity contribution >= 4 is 41.0 Å². The van der Waals surface area contributed by atoms with Crippen LogP contribution in [0.3, 0.4) is 0 Å². The van der Waals surface area contributed by atoms with E-state index in [2.05, 4.69) is 125 Å². The summed E-state index contributed by atoms with van der Waals surface area (Å²) in [4.78, 5) is 44.8. The largest absolute Gasteiger partial charge is 0.483 e. The average molecular weight is 867 g/mol.